The first-order chi connectivity index (χ1) is 18.5. The summed E-state index contributed by atoms with van der Waals surface area (Å²) in [7, 11) is 1.30. The van der Waals surface area contributed by atoms with Crippen LogP contribution in [0.4, 0.5) is 11.4 Å². The number of benzene rings is 2. The number of aromatic nitrogens is 1. The highest BCUT2D eigenvalue weighted by molar-refractivity contribution is 7.07. The van der Waals surface area contributed by atoms with Crippen molar-refractivity contribution in [1.29, 1.82) is 0 Å². The number of phenols is 1. The smallest absolute Gasteiger partial charge is 0.338 e. The van der Waals surface area contributed by atoms with Crippen molar-refractivity contribution < 1.29 is 29.2 Å². The Hall–Kier alpha value is -4.85. The maximum Gasteiger partial charge on any atom is 0.338 e. The summed E-state index contributed by atoms with van der Waals surface area (Å²) in [5.41, 5.74) is -0.508. The van der Waals surface area contributed by atoms with Crippen LogP contribution in [0.5, 0.6) is 11.5 Å². The average Bonchev–Trinajstić information content (AvgIpc) is 3.18. The maximum absolute atomic E-state index is 13.7. The van der Waals surface area contributed by atoms with Crippen molar-refractivity contribution in [3.05, 3.63) is 98.2 Å². The molecule has 202 valence electrons. The molecule has 0 fully saturated rings. The van der Waals surface area contributed by atoms with Gasteiger partial charge < -0.3 is 14.6 Å². The number of rotatable bonds is 7. The summed E-state index contributed by atoms with van der Waals surface area (Å²) >= 11 is 0.922. The van der Waals surface area contributed by atoms with E-state index in [1.807, 2.05) is 0 Å². The Morgan fingerprint density at radius 2 is 1.87 bits per heavy atom. The van der Waals surface area contributed by atoms with Crippen LogP contribution in [-0.2, 0) is 9.53 Å². The number of aryl methyl sites for hydroxylation is 1. The Morgan fingerprint density at radius 3 is 2.49 bits per heavy atom. The van der Waals surface area contributed by atoms with Gasteiger partial charge >= 0.3 is 11.7 Å². The number of nitro benzene ring substituents is 2. The van der Waals surface area contributed by atoms with E-state index in [0.717, 1.165) is 17.4 Å². The number of nitrogens with zero attached hydrogens (tertiary/aromatic N) is 4. The summed E-state index contributed by atoms with van der Waals surface area (Å²) in [6.45, 7) is 4.81. The number of methoxy groups -OCH3 is 1. The predicted molar refractivity (Wildman–Crippen MR) is 140 cm³/mol. The van der Waals surface area contributed by atoms with E-state index in [2.05, 4.69) is 4.99 Å². The van der Waals surface area contributed by atoms with Gasteiger partial charge in [-0.2, -0.15) is 0 Å². The van der Waals surface area contributed by atoms with Crippen LogP contribution in [0, 0.1) is 27.2 Å². The lowest BCUT2D eigenvalue weighted by atomic mass is 9.94. The van der Waals surface area contributed by atoms with Gasteiger partial charge in [-0.1, -0.05) is 23.5 Å². The van der Waals surface area contributed by atoms with Crippen LogP contribution in [0.25, 0.3) is 6.08 Å². The molecule has 1 atom stereocenters. The molecule has 1 aliphatic rings. The Kier molecular flexibility index (Phi) is 7.31. The molecule has 2 heterocycles. The molecule has 0 amide bonds. The van der Waals surface area contributed by atoms with E-state index in [0.29, 0.717) is 5.56 Å². The zero-order valence-electron chi connectivity index (χ0n) is 21.2. The normalized spacial score (nSPS) is 15.0. The van der Waals surface area contributed by atoms with Crippen LogP contribution < -0.4 is 19.6 Å². The summed E-state index contributed by atoms with van der Waals surface area (Å²) in [4.78, 5) is 53.1. The number of thiazole rings is 1. The van der Waals surface area contributed by atoms with Crippen molar-refractivity contribution >= 4 is 34.8 Å². The molecule has 0 saturated carbocycles. The number of esters is 1. The molecule has 0 saturated heterocycles. The molecule has 0 radical (unpaired) electrons. The quantitative estimate of drug-likeness (QED) is 0.261. The SMILES string of the molecule is CCOC(=O)C1=C(C)N=c2s/c(=C/c3cc(OC)cc([N+](=O)[O-])c3O)c(=O)n2[C@@H]1c1ccc(C)c([N+](=O)[O-])c1. The van der Waals surface area contributed by atoms with Gasteiger partial charge in [-0.05, 0) is 38.5 Å². The Morgan fingerprint density at radius 1 is 1.18 bits per heavy atom. The van der Waals surface area contributed by atoms with Crippen molar-refractivity contribution in [1.82, 2.24) is 4.57 Å². The molecular formula is C25H22N4O9S. The molecule has 14 heteroatoms. The van der Waals surface area contributed by atoms with E-state index in [1.54, 1.807) is 26.8 Å². The molecule has 39 heavy (non-hydrogen) atoms. The van der Waals surface area contributed by atoms with E-state index >= 15 is 0 Å². The molecule has 1 aliphatic heterocycles. The standard InChI is InChI=1S/C25H22N4O9S/c1-5-38-24(32)20-13(3)26-25-27(21(20)14-7-6-12(2)17(9-14)28(33)34)23(31)19(39-25)10-15-8-16(37-4)11-18(22(15)30)29(35)36/h6-11,21,30H,5H2,1-4H3/b19-10+/t21-/m1/s1. The molecule has 0 unspecified atom stereocenters. The van der Waals surface area contributed by atoms with Gasteiger partial charge in [0.25, 0.3) is 11.2 Å². The number of ether oxygens (including phenoxy) is 2. The first kappa shape index (κ1) is 27.2. The van der Waals surface area contributed by atoms with Crippen LogP contribution in [0.2, 0.25) is 0 Å². The third-order valence-corrected chi connectivity index (χ3v) is 7.06. The lowest BCUT2D eigenvalue weighted by Gasteiger charge is -2.24. The van der Waals surface area contributed by atoms with Gasteiger partial charge in [-0.3, -0.25) is 29.6 Å². The molecular weight excluding hydrogens is 532 g/mol. The molecule has 1 aromatic heterocycles. The van der Waals surface area contributed by atoms with Crippen LogP contribution in [0.3, 0.4) is 0 Å². The summed E-state index contributed by atoms with van der Waals surface area (Å²) in [5.74, 6) is -1.31. The largest absolute Gasteiger partial charge is 0.502 e. The minimum atomic E-state index is -1.10. The zero-order valence-corrected chi connectivity index (χ0v) is 22.0. The fraction of sp³-hybridized carbons (Fsp3) is 0.240. The predicted octanol–water partition coefficient (Wildman–Crippen LogP) is 2.64. The molecule has 0 aliphatic carbocycles. The van der Waals surface area contributed by atoms with Gasteiger partial charge in [-0.25, -0.2) is 9.79 Å². The van der Waals surface area contributed by atoms with E-state index < -0.39 is 38.9 Å². The number of hydrogen-bond donors (Lipinski definition) is 1. The zero-order chi connectivity index (χ0) is 28.6. The van der Waals surface area contributed by atoms with Crippen molar-refractivity contribution in [2.75, 3.05) is 13.7 Å². The highest BCUT2D eigenvalue weighted by atomic mass is 32.1. The van der Waals surface area contributed by atoms with Crippen LogP contribution in [-0.4, -0.2) is 39.2 Å². The van der Waals surface area contributed by atoms with Crippen molar-refractivity contribution in [3.63, 3.8) is 0 Å². The van der Waals surface area contributed by atoms with Crippen LogP contribution >= 0.6 is 11.3 Å². The van der Waals surface area contributed by atoms with E-state index in [1.165, 1.54) is 36.0 Å². The molecule has 0 spiro atoms. The van der Waals surface area contributed by atoms with Gasteiger partial charge in [0.1, 0.15) is 5.75 Å². The number of nitro groups is 2. The second-order valence-electron chi connectivity index (χ2n) is 8.45. The monoisotopic (exact) mass is 554 g/mol. The van der Waals surface area contributed by atoms with Gasteiger partial charge in [0.05, 0.1) is 51.5 Å². The number of phenolic OH excluding ortho intramolecular Hbond substituents is 1. The number of allylic oxidation sites excluding steroid dienone is 1. The lowest BCUT2D eigenvalue weighted by Crippen LogP contribution is -2.40. The van der Waals surface area contributed by atoms with Gasteiger partial charge in [0, 0.05) is 17.2 Å². The van der Waals surface area contributed by atoms with E-state index in [9.17, 15) is 34.9 Å². The highest BCUT2D eigenvalue weighted by Crippen LogP contribution is 2.35. The van der Waals surface area contributed by atoms with Gasteiger partial charge in [-0.15, -0.1) is 0 Å². The molecule has 0 bridgehead atoms. The fourth-order valence-corrected chi connectivity index (χ4v) is 5.26. The number of carbonyl (C=O) groups is 1. The van der Waals surface area contributed by atoms with Crippen molar-refractivity contribution in [2.24, 2.45) is 4.99 Å². The van der Waals surface area contributed by atoms with Gasteiger partial charge in [0.15, 0.2) is 4.80 Å². The molecule has 13 nitrogen and oxygen atoms in total. The maximum atomic E-state index is 13.7. The van der Waals surface area contributed by atoms with Crippen LogP contribution in [0.15, 0.2) is 51.4 Å². The first-order valence-electron chi connectivity index (χ1n) is 11.5. The summed E-state index contributed by atoms with van der Waals surface area (Å²) in [6, 6.07) is 5.68. The summed E-state index contributed by atoms with van der Waals surface area (Å²) in [6.07, 6.45) is 1.26. The van der Waals surface area contributed by atoms with E-state index in [4.69, 9.17) is 9.47 Å². The topological polar surface area (TPSA) is 176 Å². The Balaban J connectivity index is 2.02. The van der Waals surface area contributed by atoms with Crippen molar-refractivity contribution in [2.45, 2.75) is 26.8 Å². The van der Waals surface area contributed by atoms with E-state index in [-0.39, 0.29) is 49.8 Å². The molecule has 3 aromatic rings. The second kappa shape index (κ2) is 10.5. The number of fused-ring (bicyclic) bond motifs is 1. The average molecular weight is 555 g/mol. The number of carbonyl (C=O) groups excluding carboxylic acids is 1. The molecule has 4 rings (SSSR count). The fourth-order valence-electron chi connectivity index (χ4n) is 4.22. The Labute approximate surface area is 223 Å². The van der Waals surface area contributed by atoms with Crippen molar-refractivity contribution in [3.8, 4) is 11.5 Å². The lowest BCUT2D eigenvalue weighted by molar-refractivity contribution is -0.386. The third-order valence-electron chi connectivity index (χ3n) is 6.07. The summed E-state index contributed by atoms with van der Waals surface area (Å²) in [5, 5.41) is 33.6. The first-order valence-corrected chi connectivity index (χ1v) is 12.3. The highest BCUT2D eigenvalue weighted by Gasteiger charge is 2.34. The molecule has 1 N–H and O–H groups in total. The number of aromatic hydroxyl groups is 1. The summed E-state index contributed by atoms with van der Waals surface area (Å²) < 4.78 is 11.6. The Bertz CT molecular complexity index is 1750. The minimum absolute atomic E-state index is 0.0359. The minimum Gasteiger partial charge on any atom is -0.502 e. The third kappa shape index (κ3) is 4.88. The van der Waals surface area contributed by atoms with Gasteiger partial charge in [0.2, 0.25) is 5.75 Å². The second-order valence-corrected chi connectivity index (χ2v) is 9.46. The number of hydrogen-bond acceptors (Lipinski definition) is 11. The van der Waals surface area contributed by atoms with Crippen LogP contribution in [0.1, 0.15) is 36.6 Å². The molecule has 2 aromatic carbocycles.